The largest absolute Gasteiger partial charge is 0.507 e. The van der Waals surface area contributed by atoms with Gasteiger partial charge in [-0.25, -0.2) is 14.1 Å². The summed E-state index contributed by atoms with van der Waals surface area (Å²) in [6.07, 6.45) is 8.32. The molecule has 154 valence electrons. The number of alkyl halides is 1. The summed E-state index contributed by atoms with van der Waals surface area (Å²) in [5.74, 6) is 0.00682. The van der Waals surface area contributed by atoms with Gasteiger partial charge in [0.2, 0.25) is 0 Å². The van der Waals surface area contributed by atoms with Crippen LogP contribution in [0, 0.1) is 10.8 Å². The van der Waals surface area contributed by atoms with Gasteiger partial charge in [0.15, 0.2) is 0 Å². The van der Waals surface area contributed by atoms with Gasteiger partial charge in [0, 0.05) is 17.0 Å². The molecule has 2 aliphatic rings. The second kappa shape index (κ2) is 6.58. The van der Waals surface area contributed by atoms with Crippen LogP contribution in [-0.4, -0.2) is 47.6 Å². The Balaban J connectivity index is 1.34. The lowest BCUT2D eigenvalue weighted by atomic mass is 9.67. The minimum absolute atomic E-state index is 0.00682. The standard InChI is InChI=1S/C21H21FN6O2/c1-20-5-6-21(2,12-20)18(22)17(10-20)30-19-23-11-15(25-26-19)14-4-3-13(9-16(14)29)28-8-7-24-27-28/h3-9,11,17-18,29H,10,12H2,1-2H3/t17-,18+,20-,21-/m0/s1. The fourth-order valence-corrected chi connectivity index (χ4v) is 4.60. The first kappa shape index (κ1) is 18.7. The van der Waals surface area contributed by atoms with Gasteiger partial charge in [-0.15, -0.1) is 10.2 Å². The van der Waals surface area contributed by atoms with E-state index in [4.69, 9.17) is 4.74 Å². The van der Waals surface area contributed by atoms with Crippen molar-refractivity contribution in [3.8, 4) is 28.7 Å². The van der Waals surface area contributed by atoms with Gasteiger partial charge in [-0.05, 0) is 30.4 Å². The zero-order chi connectivity index (χ0) is 20.9. The number of aromatic hydroxyl groups is 1. The quantitative estimate of drug-likeness (QED) is 0.662. The SMILES string of the molecule is C[C@@]12C=C[C@@](C)(C1)[C@H](F)[C@@H](Oc1ncc(-c3ccc(-n4ccnn4)cc3O)nn1)C2. The Labute approximate surface area is 172 Å². The molecular weight excluding hydrogens is 387 g/mol. The molecule has 1 saturated carbocycles. The van der Waals surface area contributed by atoms with E-state index in [1.54, 1.807) is 30.6 Å². The van der Waals surface area contributed by atoms with E-state index in [2.05, 4.69) is 38.5 Å². The van der Waals surface area contributed by atoms with Crippen molar-refractivity contribution in [2.45, 2.75) is 39.0 Å². The topological polar surface area (TPSA) is 98.8 Å². The zero-order valence-corrected chi connectivity index (χ0v) is 16.6. The van der Waals surface area contributed by atoms with Crippen LogP contribution in [0.3, 0.4) is 0 Å². The molecule has 8 nitrogen and oxygen atoms in total. The maximum absolute atomic E-state index is 15.0. The van der Waals surface area contributed by atoms with E-state index in [9.17, 15) is 5.11 Å². The Morgan fingerprint density at radius 1 is 1.23 bits per heavy atom. The van der Waals surface area contributed by atoms with Crippen LogP contribution in [0.25, 0.3) is 16.9 Å². The molecule has 0 spiro atoms. The van der Waals surface area contributed by atoms with Crippen LogP contribution in [0.4, 0.5) is 4.39 Å². The summed E-state index contributed by atoms with van der Waals surface area (Å²) in [6, 6.07) is 5.05. The van der Waals surface area contributed by atoms with Crippen LogP contribution in [0.15, 0.2) is 48.9 Å². The van der Waals surface area contributed by atoms with Crippen molar-refractivity contribution in [2.24, 2.45) is 10.8 Å². The number of fused-ring (bicyclic) bond motifs is 2. The molecule has 0 aliphatic heterocycles. The van der Waals surface area contributed by atoms with Crippen molar-refractivity contribution in [2.75, 3.05) is 0 Å². The fraction of sp³-hybridized carbons (Fsp3) is 0.381. The lowest BCUT2D eigenvalue weighted by Crippen LogP contribution is -2.47. The number of phenolic OH excluding ortho intramolecular Hbond substituents is 1. The minimum Gasteiger partial charge on any atom is -0.507 e. The van der Waals surface area contributed by atoms with E-state index in [-0.39, 0.29) is 17.2 Å². The molecule has 2 heterocycles. The van der Waals surface area contributed by atoms with Gasteiger partial charge in [0.25, 0.3) is 0 Å². The number of allylic oxidation sites excluding steroid dienone is 2. The molecule has 0 unspecified atom stereocenters. The first-order chi connectivity index (χ1) is 14.4. The summed E-state index contributed by atoms with van der Waals surface area (Å²) in [5.41, 5.74) is 0.904. The van der Waals surface area contributed by atoms with Crippen LogP contribution in [0.5, 0.6) is 11.8 Å². The minimum atomic E-state index is -1.14. The van der Waals surface area contributed by atoms with Gasteiger partial charge in [-0.2, -0.15) is 0 Å². The van der Waals surface area contributed by atoms with Crippen molar-refractivity contribution in [1.29, 1.82) is 0 Å². The maximum atomic E-state index is 15.0. The number of hydrogen-bond donors (Lipinski definition) is 1. The van der Waals surface area contributed by atoms with Crippen molar-refractivity contribution in [3.63, 3.8) is 0 Å². The van der Waals surface area contributed by atoms with Crippen molar-refractivity contribution < 1.29 is 14.2 Å². The smallest absolute Gasteiger partial charge is 0.336 e. The Morgan fingerprint density at radius 2 is 2.10 bits per heavy atom. The summed E-state index contributed by atoms with van der Waals surface area (Å²) in [7, 11) is 0. The average molecular weight is 408 g/mol. The van der Waals surface area contributed by atoms with Crippen molar-refractivity contribution >= 4 is 0 Å². The van der Waals surface area contributed by atoms with E-state index in [0.29, 0.717) is 23.4 Å². The third-order valence-electron chi connectivity index (χ3n) is 6.02. The number of rotatable bonds is 4. The predicted molar refractivity (Wildman–Crippen MR) is 106 cm³/mol. The molecule has 4 atom stereocenters. The lowest BCUT2D eigenvalue weighted by Gasteiger charge is -2.42. The van der Waals surface area contributed by atoms with Crippen LogP contribution >= 0.6 is 0 Å². The normalized spacial score (nSPS) is 29.8. The molecule has 0 amide bonds. The Kier molecular flexibility index (Phi) is 4.09. The van der Waals surface area contributed by atoms with Crippen molar-refractivity contribution in [1.82, 2.24) is 30.2 Å². The molecule has 0 radical (unpaired) electrons. The molecule has 1 fully saturated rings. The maximum Gasteiger partial charge on any atom is 0.336 e. The van der Waals surface area contributed by atoms with Crippen LogP contribution in [0.2, 0.25) is 0 Å². The number of hydrogen-bond acceptors (Lipinski definition) is 7. The third kappa shape index (κ3) is 3.10. The molecular formula is C21H21FN6O2. The first-order valence-electron chi connectivity index (χ1n) is 9.76. The number of nitrogens with zero attached hydrogens (tertiary/aromatic N) is 6. The van der Waals surface area contributed by atoms with Gasteiger partial charge < -0.3 is 9.84 Å². The Hall–Kier alpha value is -3.36. The molecule has 9 heteroatoms. The highest BCUT2D eigenvalue weighted by Gasteiger charge is 2.53. The fourth-order valence-electron chi connectivity index (χ4n) is 4.60. The van der Waals surface area contributed by atoms with Gasteiger partial charge in [0.05, 0.1) is 24.3 Å². The van der Waals surface area contributed by atoms with E-state index in [1.807, 2.05) is 13.0 Å². The van der Waals surface area contributed by atoms with Crippen molar-refractivity contribution in [3.05, 3.63) is 48.9 Å². The number of halogens is 1. The highest BCUT2D eigenvalue weighted by Crippen LogP contribution is 2.55. The second-order valence-corrected chi connectivity index (χ2v) is 8.61. The average Bonchev–Trinajstić information content (AvgIpc) is 3.34. The van der Waals surface area contributed by atoms with Gasteiger partial charge in [-0.1, -0.05) is 36.3 Å². The van der Waals surface area contributed by atoms with Gasteiger partial charge in [0.1, 0.15) is 23.7 Å². The molecule has 30 heavy (non-hydrogen) atoms. The number of phenols is 1. The highest BCUT2D eigenvalue weighted by atomic mass is 19.1. The summed E-state index contributed by atoms with van der Waals surface area (Å²) >= 11 is 0. The van der Waals surface area contributed by atoms with E-state index in [1.165, 1.54) is 10.9 Å². The first-order valence-corrected chi connectivity index (χ1v) is 9.76. The highest BCUT2D eigenvalue weighted by molar-refractivity contribution is 5.67. The van der Waals surface area contributed by atoms with Crippen LogP contribution < -0.4 is 4.74 Å². The molecule has 2 bridgehead atoms. The van der Waals surface area contributed by atoms with E-state index >= 15 is 4.39 Å². The summed E-state index contributed by atoms with van der Waals surface area (Å²) in [6.45, 7) is 4.04. The number of benzene rings is 1. The summed E-state index contributed by atoms with van der Waals surface area (Å²) in [4.78, 5) is 4.19. The lowest BCUT2D eigenvalue weighted by molar-refractivity contribution is -0.0348. The summed E-state index contributed by atoms with van der Waals surface area (Å²) in [5, 5.41) is 26.1. The molecule has 1 N–H and O–H groups in total. The number of ether oxygens (including phenoxy) is 1. The van der Waals surface area contributed by atoms with Gasteiger partial charge >= 0.3 is 6.01 Å². The molecule has 1 aromatic carbocycles. The predicted octanol–water partition coefficient (Wildman–Crippen LogP) is 3.29. The molecule has 2 aromatic heterocycles. The Morgan fingerprint density at radius 3 is 2.80 bits per heavy atom. The van der Waals surface area contributed by atoms with E-state index in [0.717, 1.165) is 6.42 Å². The third-order valence-corrected chi connectivity index (χ3v) is 6.02. The van der Waals surface area contributed by atoms with Gasteiger partial charge in [-0.3, -0.25) is 0 Å². The van der Waals surface area contributed by atoms with Crippen LogP contribution in [0.1, 0.15) is 26.7 Å². The second-order valence-electron chi connectivity index (χ2n) is 8.61. The van der Waals surface area contributed by atoms with Crippen LogP contribution in [-0.2, 0) is 0 Å². The molecule has 5 rings (SSSR count). The monoisotopic (exact) mass is 408 g/mol. The Bertz CT molecular complexity index is 1100. The molecule has 3 aromatic rings. The molecule has 0 saturated heterocycles. The summed E-state index contributed by atoms with van der Waals surface area (Å²) < 4.78 is 22.4. The number of aromatic nitrogens is 6. The molecule has 2 aliphatic carbocycles. The zero-order valence-electron chi connectivity index (χ0n) is 16.6. The van der Waals surface area contributed by atoms with E-state index < -0.39 is 17.7 Å².